The minimum Gasteiger partial charge on any atom is -0.355 e. The maximum Gasteiger partial charge on any atom is 0.259 e. The number of benzene rings is 2. The number of aryl methyl sites for hydroxylation is 2. The summed E-state index contributed by atoms with van der Waals surface area (Å²) in [6.07, 6.45) is 1.77. The van der Waals surface area contributed by atoms with Crippen LogP contribution in [0.5, 0.6) is 0 Å². The largest absolute Gasteiger partial charge is 0.355 e. The van der Waals surface area contributed by atoms with Crippen molar-refractivity contribution in [1.82, 2.24) is 9.78 Å². The first-order valence-electron chi connectivity index (χ1n) is 7.93. The van der Waals surface area contributed by atoms with Gasteiger partial charge in [-0.05, 0) is 44.2 Å². The average Bonchev–Trinajstić information content (AvgIpc) is 2.97. The van der Waals surface area contributed by atoms with Gasteiger partial charge in [0.05, 0.1) is 11.3 Å². The second-order valence-electron chi connectivity index (χ2n) is 5.51. The number of para-hydroxylation sites is 1. The molecule has 0 radical (unpaired) electrons. The van der Waals surface area contributed by atoms with E-state index in [9.17, 15) is 4.79 Å². The van der Waals surface area contributed by atoms with Crippen molar-refractivity contribution < 1.29 is 4.79 Å². The Morgan fingerprint density at radius 3 is 2.46 bits per heavy atom. The first kappa shape index (κ1) is 15.8. The fraction of sp³-hybridized carbons (Fsp3) is 0.158. The third-order valence-corrected chi connectivity index (χ3v) is 3.70. The minimum absolute atomic E-state index is 0.149. The summed E-state index contributed by atoms with van der Waals surface area (Å²) in [5.74, 6) is -0.149. The van der Waals surface area contributed by atoms with E-state index in [4.69, 9.17) is 0 Å². The predicted octanol–water partition coefficient (Wildman–Crippen LogP) is 4.21. The van der Waals surface area contributed by atoms with Gasteiger partial charge in [-0.3, -0.25) is 9.48 Å². The zero-order valence-electron chi connectivity index (χ0n) is 13.8. The molecule has 0 bridgehead atoms. The summed E-state index contributed by atoms with van der Waals surface area (Å²) in [4.78, 5) is 12.4. The molecule has 0 unspecified atom stereocenters. The number of nitrogens with one attached hydrogen (secondary N) is 2. The second-order valence-corrected chi connectivity index (χ2v) is 5.51. The third kappa shape index (κ3) is 3.63. The van der Waals surface area contributed by atoms with Gasteiger partial charge < -0.3 is 10.6 Å². The van der Waals surface area contributed by atoms with E-state index in [-0.39, 0.29) is 5.91 Å². The van der Waals surface area contributed by atoms with Crippen LogP contribution in [0.25, 0.3) is 0 Å². The summed E-state index contributed by atoms with van der Waals surface area (Å²) in [5.41, 5.74) is 3.98. The maximum atomic E-state index is 12.4. The van der Waals surface area contributed by atoms with Crippen LogP contribution >= 0.6 is 0 Å². The van der Waals surface area contributed by atoms with E-state index in [0.29, 0.717) is 5.56 Å². The summed E-state index contributed by atoms with van der Waals surface area (Å²) >= 11 is 0. The quantitative estimate of drug-likeness (QED) is 0.740. The van der Waals surface area contributed by atoms with Crippen molar-refractivity contribution in [3.8, 4) is 0 Å². The molecule has 0 spiro atoms. The van der Waals surface area contributed by atoms with Gasteiger partial charge >= 0.3 is 0 Å². The van der Waals surface area contributed by atoms with E-state index >= 15 is 0 Å². The highest BCUT2D eigenvalue weighted by atomic mass is 16.1. The van der Waals surface area contributed by atoms with E-state index < -0.39 is 0 Å². The Hall–Kier alpha value is -3.08. The third-order valence-electron chi connectivity index (χ3n) is 3.70. The fourth-order valence-corrected chi connectivity index (χ4v) is 2.46. The molecule has 2 aromatic carbocycles. The van der Waals surface area contributed by atoms with Crippen molar-refractivity contribution >= 4 is 23.0 Å². The molecule has 2 N–H and O–H groups in total. The van der Waals surface area contributed by atoms with Crippen molar-refractivity contribution in [3.05, 3.63) is 72.1 Å². The van der Waals surface area contributed by atoms with Gasteiger partial charge in [0.25, 0.3) is 5.91 Å². The van der Waals surface area contributed by atoms with Crippen LogP contribution in [0.3, 0.4) is 0 Å². The molecule has 0 aliphatic rings. The smallest absolute Gasteiger partial charge is 0.259 e. The number of hydrogen-bond donors (Lipinski definition) is 2. The van der Waals surface area contributed by atoms with Gasteiger partial charge in [0.15, 0.2) is 0 Å². The van der Waals surface area contributed by atoms with Crippen LogP contribution in [0.4, 0.5) is 17.1 Å². The number of hydrogen-bond acceptors (Lipinski definition) is 3. The van der Waals surface area contributed by atoms with Crippen LogP contribution in [0, 0.1) is 6.92 Å². The molecule has 0 saturated carbocycles. The lowest BCUT2D eigenvalue weighted by Gasteiger charge is -2.09. The van der Waals surface area contributed by atoms with E-state index in [2.05, 4.69) is 15.7 Å². The Kier molecular flexibility index (Phi) is 4.61. The van der Waals surface area contributed by atoms with Crippen molar-refractivity contribution in [2.75, 3.05) is 10.6 Å². The number of aromatic nitrogens is 2. The van der Waals surface area contributed by atoms with E-state index in [0.717, 1.165) is 29.3 Å². The molecular weight excluding hydrogens is 300 g/mol. The Bertz CT molecular complexity index is 840. The Labute approximate surface area is 141 Å². The molecule has 3 aromatic rings. The molecule has 122 valence electrons. The number of anilines is 3. The predicted molar refractivity (Wildman–Crippen MR) is 96.8 cm³/mol. The zero-order valence-corrected chi connectivity index (χ0v) is 13.8. The van der Waals surface area contributed by atoms with Gasteiger partial charge in [-0.1, -0.05) is 24.3 Å². The molecule has 0 atom stereocenters. The van der Waals surface area contributed by atoms with E-state index in [1.165, 1.54) is 0 Å². The number of carbonyl (C=O) groups excluding carboxylic acids is 1. The maximum absolute atomic E-state index is 12.4. The SMILES string of the molecule is CCn1cc(C(=O)Nc2cccc(Nc3ccccc3)c2)c(C)n1. The molecular formula is C19H20N4O. The van der Waals surface area contributed by atoms with Crippen LogP contribution in [-0.2, 0) is 6.54 Å². The molecule has 5 heteroatoms. The van der Waals surface area contributed by atoms with Gasteiger partial charge in [-0.25, -0.2) is 0 Å². The van der Waals surface area contributed by atoms with Crippen molar-refractivity contribution in [1.29, 1.82) is 0 Å². The molecule has 0 aliphatic carbocycles. The lowest BCUT2D eigenvalue weighted by Crippen LogP contribution is -2.12. The van der Waals surface area contributed by atoms with Gasteiger partial charge in [-0.2, -0.15) is 5.10 Å². The molecule has 1 amide bonds. The fourth-order valence-electron chi connectivity index (χ4n) is 2.46. The highest BCUT2D eigenvalue weighted by Gasteiger charge is 2.13. The molecule has 0 fully saturated rings. The topological polar surface area (TPSA) is 59.0 Å². The van der Waals surface area contributed by atoms with E-state index in [1.807, 2.05) is 68.4 Å². The number of nitrogens with zero attached hydrogens (tertiary/aromatic N) is 2. The summed E-state index contributed by atoms with van der Waals surface area (Å²) in [5, 5.41) is 10.6. The second kappa shape index (κ2) is 7.00. The summed E-state index contributed by atoms with van der Waals surface area (Å²) < 4.78 is 1.76. The standard InChI is InChI=1S/C19H20N4O/c1-3-23-13-18(14(2)22-23)19(24)21-17-11-7-10-16(12-17)20-15-8-5-4-6-9-15/h4-13,20H,3H2,1-2H3,(H,21,24). The van der Waals surface area contributed by atoms with Crippen molar-refractivity contribution in [3.63, 3.8) is 0 Å². The highest BCUT2D eigenvalue weighted by Crippen LogP contribution is 2.20. The molecule has 24 heavy (non-hydrogen) atoms. The number of rotatable bonds is 5. The van der Waals surface area contributed by atoms with E-state index in [1.54, 1.807) is 10.9 Å². The van der Waals surface area contributed by atoms with Crippen LogP contribution in [0.2, 0.25) is 0 Å². The van der Waals surface area contributed by atoms with Gasteiger partial charge in [0, 0.05) is 29.8 Å². The first-order chi connectivity index (χ1) is 11.7. The summed E-state index contributed by atoms with van der Waals surface area (Å²) in [7, 11) is 0. The molecule has 3 rings (SSSR count). The lowest BCUT2D eigenvalue weighted by molar-refractivity contribution is 0.102. The Balaban J connectivity index is 1.74. The Morgan fingerprint density at radius 1 is 1.04 bits per heavy atom. The Morgan fingerprint density at radius 2 is 1.75 bits per heavy atom. The average molecular weight is 320 g/mol. The number of carbonyl (C=O) groups is 1. The normalized spacial score (nSPS) is 10.4. The van der Waals surface area contributed by atoms with Gasteiger partial charge in [0.2, 0.25) is 0 Å². The molecule has 1 heterocycles. The zero-order chi connectivity index (χ0) is 16.9. The summed E-state index contributed by atoms with van der Waals surface area (Å²) in [6, 6.07) is 17.6. The first-order valence-corrected chi connectivity index (χ1v) is 7.93. The van der Waals surface area contributed by atoms with Gasteiger partial charge in [-0.15, -0.1) is 0 Å². The monoisotopic (exact) mass is 320 g/mol. The van der Waals surface area contributed by atoms with Crippen molar-refractivity contribution in [2.45, 2.75) is 20.4 Å². The summed E-state index contributed by atoms with van der Waals surface area (Å²) in [6.45, 7) is 4.58. The molecule has 0 aliphatic heterocycles. The van der Waals surface area contributed by atoms with Crippen LogP contribution in [0.1, 0.15) is 23.0 Å². The molecule has 1 aromatic heterocycles. The minimum atomic E-state index is -0.149. The molecule has 5 nitrogen and oxygen atoms in total. The van der Waals surface area contributed by atoms with Crippen LogP contribution in [0.15, 0.2) is 60.8 Å². The number of amides is 1. The highest BCUT2D eigenvalue weighted by molar-refractivity contribution is 6.05. The van der Waals surface area contributed by atoms with Crippen LogP contribution < -0.4 is 10.6 Å². The van der Waals surface area contributed by atoms with Crippen LogP contribution in [-0.4, -0.2) is 15.7 Å². The van der Waals surface area contributed by atoms with Crippen molar-refractivity contribution in [2.24, 2.45) is 0 Å². The molecule has 0 saturated heterocycles. The van der Waals surface area contributed by atoms with Gasteiger partial charge in [0.1, 0.15) is 0 Å². The lowest BCUT2D eigenvalue weighted by atomic mass is 10.2.